The number of sulfonamides is 1. The summed E-state index contributed by atoms with van der Waals surface area (Å²) >= 11 is 1.29. The molecule has 1 atom stereocenters. The molecular weight excluding hydrogens is 388 g/mol. The van der Waals surface area contributed by atoms with Crippen LogP contribution >= 0.6 is 11.3 Å². The molecular formula is C18H22N2O5S2. The molecule has 146 valence electrons. The molecule has 1 aromatic carbocycles. The molecule has 1 amide bonds. The highest BCUT2D eigenvalue weighted by Crippen LogP contribution is 2.21. The summed E-state index contributed by atoms with van der Waals surface area (Å²) in [7, 11) is -1.93. The Morgan fingerprint density at radius 1 is 1.15 bits per heavy atom. The van der Waals surface area contributed by atoms with E-state index < -0.39 is 22.0 Å². The van der Waals surface area contributed by atoms with Crippen molar-refractivity contribution in [2.24, 2.45) is 0 Å². The van der Waals surface area contributed by atoms with Gasteiger partial charge in [0.1, 0.15) is 0 Å². The molecule has 0 bridgehead atoms. The number of benzene rings is 1. The Morgan fingerprint density at radius 3 is 2.48 bits per heavy atom. The van der Waals surface area contributed by atoms with Gasteiger partial charge in [-0.3, -0.25) is 9.59 Å². The number of carbonyl (C=O) groups is 2. The first-order valence-corrected chi connectivity index (χ1v) is 11.0. The van der Waals surface area contributed by atoms with Gasteiger partial charge in [-0.15, -0.1) is 11.3 Å². The molecule has 0 spiro atoms. The minimum absolute atomic E-state index is 0.0305. The highest BCUT2D eigenvalue weighted by Gasteiger charge is 2.20. The van der Waals surface area contributed by atoms with Crippen molar-refractivity contribution in [1.82, 2.24) is 10.0 Å². The second-order valence-corrected chi connectivity index (χ2v) is 8.90. The first-order chi connectivity index (χ1) is 12.8. The van der Waals surface area contributed by atoms with Crippen LogP contribution in [0.5, 0.6) is 0 Å². The summed E-state index contributed by atoms with van der Waals surface area (Å²) in [5, 5.41) is 2.87. The zero-order valence-electron chi connectivity index (χ0n) is 15.1. The van der Waals surface area contributed by atoms with Crippen molar-refractivity contribution in [3.63, 3.8) is 0 Å². The Labute approximate surface area is 162 Å². The minimum Gasteiger partial charge on any atom is -0.469 e. The SMILES string of the molecule is COC(=O)CC(NC(=O)c1ccc(CCNS(C)(=O)=O)s1)c1ccccc1. The fourth-order valence-corrected chi connectivity index (χ4v) is 3.79. The molecule has 0 aliphatic rings. The van der Waals surface area contributed by atoms with Crippen LogP contribution in [-0.2, 0) is 26.0 Å². The van der Waals surface area contributed by atoms with Crippen molar-refractivity contribution in [1.29, 1.82) is 0 Å². The van der Waals surface area contributed by atoms with Gasteiger partial charge < -0.3 is 10.1 Å². The summed E-state index contributed by atoms with van der Waals surface area (Å²) in [5.41, 5.74) is 0.811. The van der Waals surface area contributed by atoms with Gasteiger partial charge in [-0.25, -0.2) is 13.1 Å². The molecule has 0 radical (unpaired) electrons. The van der Waals surface area contributed by atoms with Gasteiger partial charge >= 0.3 is 5.97 Å². The molecule has 27 heavy (non-hydrogen) atoms. The van der Waals surface area contributed by atoms with Crippen molar-refractivity contribution in [2.75, 3.05) is 19.9 Å². The highest BCUT2D eigenvalue weighted by atomic mass is 32.2. The number of esters is 1. The van der Waals surface area contributed by atoms with Crippen LogP contribution in [0.2, 0.25) is 0 Å². The number of methoxy groups -OCH3 is 1. The Bertz CT molecular complexity index is 878. The molecule has 9 heteroatoms. The van der Waals surface area contributed by atoms with Gasteiger partial charge in [0.25, 0.3) is 5.91 Å². The standard InChI is InChI=1S/C18H22N2O5S2/c1-25-17(21)12-15(13-6-4-3-5-7-13)20-18(22)16-9-8-14(26-16)10-11-19-27(2,23)24/h3-9,15,19H,10-12H2,1-2H3,(H,20,22). The van der Waals surface area contributed by atoms with E-state index in [0.29, 0.717) is 11.3 Å². The van der Waals surface area contributed by atoms with Crippen molar-refractivity contribution in [2.45, 2.75) is 18.9 Å². The maximum Gasteiger partial charge on any atom is 0.307 e. The van der Waals surface area contributed by atoms with Gasteiger partial charge in [-0.2, -0.15) is 0 Å². The second kappa shape index (κ2) is 9.63. The van der Waals surface area contributed by atoms with Crippen molar-refractivity contribution >= 4 is 33.2 Å². The Balaban J connectivity index is 2.03. The maximum atomic E-state index is 12.6. The Hall–Kier alpha value is -2.23. The van der Waals surface area contributed by atoms with E-state index in [0.717, 1.165) is 16.7 Å². The van der Waals surface area contributed by atoms with E-state index in [-0.39, 0.29) is 18.9 Å². The van der Waals surface area contributed by atoms with Crippen LogP contribution in [0.25, 0.3) is 0 Å². The molecule has 0 saturated heterocycles. The van der Waals surface area contributed by atoms with Crippen LogP contribution in [0.1, 0.15) is 32.6 Å². The molecule has 2 rings (SSSR count). The molecule has 0 aliphatic carbocycles. The smallest absolute Gasteiger partial charge is 0.307 e. The lowest BCUT2D eigenvalue weighted by Crippen LogP contribution is -2.30. The average Bonchev–Trinajstić information content (AvgIpc) is 3.09. The maximum absolute atomic E-state index is 12.6. The van der Waals surface area contributed by atoms with Gasteiger partial charge in [0.2, 0.25) is 10.0 Å². The summed E-state index contributed by atoms with van der Waals surface area (Å²) in [6.07, 6.45) is 1.63. The van der Waals surface area contributed by atoms with Crippen molar-refractivity contribution in [3.05, 3.63) is 57.8 Å². The van der Waals surface area contributed by atoms with Crippen molar-refractivity contribution in [3.8, 4) is 0 Å². The molecule has 0 aliphatic heterocycles. The summed E-state index contributed by atoms with van der Waals surface area (Å²) in [6, 6.07) is 12.2. The lowest BCUT2D eigenvalue weighted by molar-refractivity contribution is -0.141. The van der Waals surface area contributed by atoms with Crippen LogP contribution in [-0.4, -0.2) is 40.2 Å². The van der Waals surface area contributed by atoms with Crippen LogP contribution in [0.3, 0.4) is 0 Å². The highest BCUT2D eigenvalue weighted by molar-refractivity contribution is 7.88. The van der Waals surface area contributed by atoms with E-state index in [1.165, 1.54) is 18.4 Å². The lowest BCUT2D eigenvalue weighted by atomic mass is 10.0. The number of rotatable bonds is 9. The van der Waals surface area contributed by atoms with Gasteiger partial charge in [-0.05, 0) is 24.1 Å². The molecule has 2 aromatic rings. The number of thiophene rings is 1. The third-order valence-electron chi connectivity index (χ3n) is 3.73. The summed E-state index contributed by atoms with van der Waals surface area (Å²) in [4.78, 5) is 25.7. The molecule has 0 fully saturated rings. The van der Waals surface area contributed by atoms with E-state index in [1.807, 2.05) is 30.3 Å². The predicted octanol–water partition coefficient (Wildman–Crippen LogP) is 1.87. The normalized spacial score (nSPS) is 12.4. The van der Waals surface area contributed by atoms with E-state index in [2.05, 4.69) is 10.0 Å². The van der Waals surface area contributed by atoms with Gasteiger partial charge in [0.15, 0.2) is 0 Å². The number of hydrogen-bond donors (Lipinski definition) is 2. The van der Waals surface area contributed by atoms with E-state index in [9.17, 15) is 18.0 Å². The number of nitrogens with one attached hydrogen (secondary N) is 2. The average molecular weight is 411 g/mol. The van der Waals surface area contributed by atoms with Crippen LogP contribution < -0.4 is 10.0 Å². The fraction of sp³-hybridized carbons (Fsp3) is 0.333. The van der Waals surface area contributed by atoms with Crippen LogP contribution in [0.15, 0.2) is 42.5 Å². The fourth-order valence-electron chi connectivity index (χ4n) is 2.41. The third-order valence-corrected chi connectivity index (χ3v) is 5.60. The van der Waals surface area contributed by atoms with Crippen LogP contribution in [0.4, 0.5) is 0 Å². The zero-order chi connectivity index (χ0) is 19.9. The molecule has 1 heterocycles. The first-order valence-electron chi connectivity index (χ1n) is 8.24. The molecule has 7 nitrogen and oxygen atoms in total. The quantitative estimate of drug-likeness (QED) is 0.615. The number of ether oxygens (including phenoxy) is 1. The largest absolute Gasteiger partial charge is 0.469 e. The topological polar surface area (TPSA) is 102 Å². The number of amides is 1. The summed E-state index contributed by atoms with van der Waals surface area (Å²) in [5.74, 6) is -0.706. The minimum atomic E-state index is -3.23. The number of hydrogen-bond acceptors (Lipinski definition) is 6. The van der Waals surface area contributed by atoms with Gasteiger partial charge in [0.05, 0.1) is 30.7 Å². The predicted molar refractivity (Wildman–Crippen MR) is 104 cm³/mol. The van der Waals surface area contributed by atoms with E-state index in [1.54, 1.807) is 12.1 Å². The van der Waals surface area contributed by atoms with E-state index in [4.69, 9.17) is 4.74 Å². The zero-order valence-corrected chi connectivity index (χ0v) is 16.7. The summed E-state index contributed by atoms with van der Waals surface area (Å²) in [6.45, 7) is 0.273. The number of carbonyl (C=O) groups excluding carboxylic acids is 2. The first kappa shape index (κ1) is 21.1. The van der Waals surface area contributed by atoms with E-state index >= 15 is 0 Å². The van der Waals surface area contributed by atoms with Gasteiger partial charge in [-0.1, -0.05) is 30.3 Å². The molecule has 2 N–H and O–H groups in total. The molecule has 1 unspecified atom stereocenters. The van der Waals surface area contributed by atoms with Crippen molar-refractivity contribution < 1.29 is 22.7 Å². The molecule has 0 saturated carbocycles. The molecule has 1 aromatic heterocycles. The van der Waals surface area contributed by atoms with Crippen LogP contribution in [0, 0.1) is 0 Å². The van der Waals surface area contributed by atoms with Gasteiger partial charge in [0, 0.05) is 11.4 Å². The second-order valence-electron chi connectivity index (χ2n) is 5.90. The Kier molecular flexibility index (Phi) is 7.52. The summed E-state index contributed by atoms with van der Waals surface area (Å²) < 4.78 is 29.3. The third kappa shape index (κ3) is 7.12. The lowest BCUT2D eigenvalue weighted by Gasteiger charge is -2.17. The monoisotopic (exact) mass is 410 g/mol. The Morgan fingerprint density at radius 2 is 1.85 bits per heavy atom.